The molecule has 4 nitrogen and oxygen atoms in total. The number of piperazine rings is 1. The smallest absolute Gasteiger partial charge is 0.321 e. The Hall–Kier alpha value is -1.03. The first-order valence-corrected chi connectivity index (χ1v) is 7.64. The van der Waals surface area contributed by atoms with Crippen LogP contribution in [0.15, 0.2) is 12.2 Å². The highest BCUT2D eigenvalue weighted by Gasteiger charge is 2.42. The summed E-state index contributed by atoms with van der Waals surface area (Å²) in [6.07, 6.45) is 10.7. The van der Waals surface area contributed by atoms with E-state index in [2.05, 4.69) is 29.0 Å². The molecule has 0 atom stereocenters. The monoisotopic (exact) mass is 263 g/mol. The molecule has 0 aromatic rings. The third-order valence-electron chi connectivity index (χ3n) is 4.98. The van der Waals surface area contributed by atoms with E-state index in [0.717, 1.165) is 45.6 Å². The zero-order valence-corrected chi connectivity index (χ0v) is 12.0. The largest absolute Gasteiger partial charge is 0.322 e. The first kappa shape index (κ1) is 13.0. The summed E-state index contributed by atoms with van der Waals surface area (Å²) in [5.41, 5.74) is 0.0542. The molecule has 0 bridgehead atoms. The van der Waals surface area contributed by atoms with Crippen LogP contribution in [0.4, 0.5) is 4.79 Å². The summed E-state index contributed by atoms with van der Waals surface area (Å²) in [5.74, 6) is 0. The van der Waals surface area contributed by atoms with Crippen LogP contribution in [0.3, 0.4) is 0 Å². The molecule has 106 valence electrons. The Morgan fingerprint density at radius 1 is 1.05 bits per heavy atom. The van der Waals surface area contributed by atoms with Crippen LogP contribution in [0.1, 0.15) is 32.1 Å². The molecular weight excluding hydrogens is 238 g/mol. The highest BCUT2D eigenvalue weighted by atomic mass is 16.2. The van der Waals surface area contributed by atoms with Crippen LogP contribution in [-0.4, -0.2) is 66.0 Å². The molecule has 4 heteroatoms. The van der Waals surface area contributed by atoms with Crippen LogP contribution >= 0.6 is 0 Å². The number of nitrogens with zero attached hydrogens (tertiary/aromatic N) is 3. The fourth-order valence-corrected chi connectivity index (χ4v) is 3.69. The van der Waals surface area contributed by atoms with Gasteiger partial charge in [0.15, 0.2) is 0 Å². The zero-order valence-electron chi connectivity index (χ0n) is 12.0. The predicted octanol–water partition coefficient (Wildman–Crippen LogP) is 1.93. The van der Waals surface area contributed by atoms with Crippen molar-refractivity contribution in [2.75, 3.05) is 39.8 Å². The molecule has 0 radical (unpaired) electrons. The molecule has 2 aliphatic heterocycles. The quantitative estimate of drug-likeness (QED) is 0.624. The van der Waals surface area contributed by atoms with E-state index < -0.39 is 0 Å². The zero-order chi connectivity index (χ0) is 13.3. The van der Waals surface area contributed by atoms with E-state index in [0.29, 0.717) is 0 Å². The Balaban J connectivity index is 1.69. The summed E-state index contributed by atoms with van der Waals surface area (Å²) in [5, 5.41) is 0. The second-order valence-corrected chi connectivity index (χ2v) is 6.25. The van der Waals surface area contributed by atoms with Gasteiger partial charge in [-0.15, -0.1) is 0 Å². The molecule has 1 aliphatic carbocycles. The van der Waals surface area contributed by atoms with Crippen LogP contribution in [0.25, 0.3) is 0 Å². The van der Waals surface area contributed by atoms with E-state index in [1.165, 1.54) is 19.3 Å². The number of hydrogen-bond acceptors (Lipinski definition) is 2. The van der Waals surface area contributed by atoms with Gasteiger partial charge in [0.1, 0.15) is 0 Å². The number of urea groups is 1. The van der Waals surface area contributed by atoms with Crippen molar-refractivity contribution >= 4 is 6.03 Å². The minimum atomic E-state index is 0.0542. The Kier molecular flexibility index (Phi) is 3.52. The van der Waals surface area contributed by atoms with Crippen molar-refractivity contribution in [3.05, 3.63) is 12.2 Å². The molecule has 0 aromatic carbocycles. The SMILES string of the molecule is CN1CCN(C(=O)N2CC=CC23CCCCC3)CC1. The van der Waals surface area contributed by atoms with Crippen molar-refractivity contribution in [1.29, 1.82) is 0 Å². The van der Waals surface area contributed by atoms with Crippen LogP contribution in [0, 0.1) is 0 Å². The number of carbonyl (C=O) groups is 1. The minimum absolute atomic E-state index is 0.0542. The Morgan fingerprint density at radius 3 is 2.42 bits per heavy atom. The number of amides is 2. The molecule has 3 aliphatic rings. The molecule has 19 heavy (non-hydrogen) atoms. The molecule has 1 saturated carbocycles. The lowest BCUT2D eigenvalue weighted by Gasteiger charge is -2.44. The van der Waals surface area contributed by atoms with E-state index in [1.807, 2.05) is 4.90 Å². The van der Waals surface area contributed by atoms with Crippen molar-refractivity contribution in [1.82, 2.24) is 14.7 Å². The van der Waals surface area contributed by atoms with Gasteiger partial charge in [-0.05, 0) is 19.9 Å². The molecular formula is C15H25N3O. The van der Waals surface area contributed by atoms with Gasteiger partial charge >= 0.3 is 6.03 Å². The second-order valence-electron chi connectivity index (χ2n) is 6.25. The highest BCUT2D eigenvalue weighted by Crippen LogP contribution is 2.38. The van der Waals surface area contributed by atoms with E-state index in [4.69, 9.17) is 0 Å². The van der Waals surface area contributed by atoms with Crippen molar-refractivity contribution in [2.45, 2.75) is 37.6 Å². The third-order valence-corrected chi connectivity index (χ3v) is 4.98. The molecule has 2 fully saturated rings. The van der Waals surface area contributed by atoms with Gasteiger partial charge in [-0.2, -0.15) is 0 Å². The maximum absolute atomic E-state index is 12.8. The van der Waals surface area contributed by atoms with Crippen LogP contribution in [0.5, 0.6) is 0 Å². The first-order valence-electron chi connectivity index (χ1n) is 7.64. The fourth-order valence-electron chi connectivity index (χ4n) is 3.69. The third kappa shape index (κ3) is 2.38. The number of likely N-dealkylation sites (N-methyl/N-ethyl adjacent to an activating group) is 1. The molecule has 1 spiro atoms. The first-order chi connectivity index (χ1) is 9.21. The average Bonchev–Trinajstić information content (AvgIpc) is 2.83. The molecule has 2 heterocycles. The summed E-state index contributed by atoms with van der Waals surface area (Å²) >= 11 is 0. The summed E-state index contributed by atoms with van der Waals surface area (Å²) in [4.78, 5) is 19.2. The predicted molar refractivity (Wildman–Crippen MR) is 76.1 cm³/mol. The normalized spacial score (nSPS) is 27.2. The second kappa shape index (κ2) is 5.16. The van der Waals surface area contributed by atoms with Crippen molar-refractivity contribution in [2.24, 2.45) is 0 Å². The van der Waals surface area contributed by atoms with Crippen molar-refractivity contribution < 1.29 is 4.79 Å². The molecule has 0 unspecified atom stereocenters. The number of rotatable bonds is 0. The van der Waals surface area contributed by atoms with Crippen LogP contribution < -0.4 is 0 Å². The number of carbonyl (C=O) groups excluding carboxylic acids is 1. The lowest BCUT2D eigenvalue weighted by Crippen LogP contribution is -2.57. The van der Waals surface area contributed by atoms with Gasteiger partial charge in [0.2, 0.25) is 0 Å². The summed E-state index contributed by atoms with van der Waals surface area (Å²) in [7, 11) is 2.13. The van der Waals surface area contributed by atoms with Crippen molar-refractivity contribution in [3.63, 3.8) is 0 Å². The molecule has 3 rings (SSSR count). The van der Waals surface area contributed by atoms with E-state index in [-0.39, 0.29) is 11.6 Å². The van der Waals surface area contributed by atoms with Gasteiger partial charge in [0.05, 0.1) is 5.54 Å². The van der Waals surface area contributed by atoms with Gasteiger partial charge < -0.3 is 14.7 Å². The van der Waals surface area contributed by atoms with Crippen LogP contribution in [-0.2, 0) is 0 Å². The summed E-state index contributed by atoms with van der Waals surface area (Å²) in [6.45, 7) is 4.56. The maximum atomic E-state index is 12.8. The lowest BCUT2D eigenvalue weighted by molar-refractivity contribution is 0.0857. The Labute approximate surface area is 116 Å². The fraction of sp³-hybridized carbons (Fsp3) is 0.800. The van der Waals surface area contributed by atoms with E-state index >= 15 is 0 Å². The maximum Gasteiger partial charge on any atom is 0.321 e. The summed E-state index contributed by atoms with van der Waals surface area (Å²) in [6, 6.07) is 0.264. The highest BCUT2D eigenvalue weighted by molar-refractivity contribution is 5.76. The topological polar surface area (TPSA) is 26.8 Å². The molecule has 1 saturated heterocycles. The van der Waals surface area contributed by atoms with Gasteiger partial charge in [-0.25, -0.2) is 4.79 Å². The molecule has 0 N–H and O–H groups in total. The van der Waals surface area contributed by atoms with Crippen molar-refractivity contribution in [3.8, 4) is 0 Å². The van der Waals surface area contributed by atoms with Gasteiger partial charge in [0.25, 0.3) is 0 Å². The van der Waals surface area contributed by atoms with Crippen LogP contribution in [0.2, 0.25) is 0 Å². The van der Waals surface area contributed by atoms with E-state index in [9.17, 15) is 4.79 Å². The minimum Gasteiger partial charge on any atom is -0.322 e. The Bertz CT molecular complexity index is 366. The molecule has 0 aromatic heterocycles. The number of hydrogen-bond donors (Lipinski definition) is 0. The average molecular weight is 263 g/mol. The summed E-state index contributed by atoms with van der Waals surface area (Å²) < 4.78 is 0. The standard InChI is InChI=1S/C15H25N3O/c1-16-10-12-17(13-11-16)14(19)18-9-5-8-15(18)6-3-2-4-7-15/h5,8H,2-4,6-7,9-13H2,1H3. The van der Waals surface area contributed by atoms with E-state index in [1.54, 1.807) is 0 Å². The van der Waals surface area contributed by atoms with Gasteiger partial charge in [-0.3, -0.25) is 0 Å². The lowest BCUT2D eigenvalue weighted by atomic mass is 9.81. The van der Waals surface area contributed by atoms with Gasteiger partial charge in [-0.1, -0.05) is 31.4 Å². The molecule has 2 amide bonds. The Morgan fingerprint density at radius 2 is 1.74 bits per heavy atom. The van der Waals surface area contributed by atoms with Gasteiger partial charge in [0, 0.05) is 32.7 Å².